The second-order valence-electron chi connectivity index (χ2n) is 5.70. The summed E-state index contributed by atoms with van der Waals surface area (Å²) in [6.07, 6.45) is 0. The summed E-state index contributed by atoms with van der Waals surface area (Å²) in [6.45, 7) is 0. The van der Waals surface area contributed by atoms with Gasteiger partial charge in [-0.25, -0.2) is 15.0 Å². The SMILES string of the molecule is N#Cc1ccccc1-c1nc(-c2ccccc2)nc(-c2ccccc2)n1. The van der Waals surface area contributed by atoms with Gasteiger partial charge in [-0.15, -0.1) is 0 Å². The first kappa shape index (κ1) is 15.7. The molecule has 0 N–H and O–H groups in total. The molecule has 0 saturated heterocycles. The third kappa shape index (κ3) is 3.06. The number of nitriles is 1. The summed E-state index contributed by atoms with van der Waals surface area (Å²) in [6, 6.07) is 29.1. The van der Waals surface area contributed by atoms with E-state index in [0.29, 0.717) is 28.6 Å². The maximum absolute atomic E-state index is 9.43. The van der Waals surface area contributed by atoms with Gasteiger partial charge in [0.1, 0.15) is 0 Å². The predicted molar refractivity (Wildman–Crippen MR) is 101 cm³/mol. The van der Waals surface area contributed by atoms with Crippen molar-refractivity contribution in [1.82, 2.24) is 15.0 Å². The van der Waals surface area contributed by atoms with Gasteiger partial charge in [0.05, 0.1) is 11.6 Å². The van der Waals surface area contributed by atoms with E-state index in [2.05, 4.69) is 21.0 Å². The molecular weight excluding hydrogens is 320 g/mol. The van der Waals surface area contributed by atoms with Crippen molar-refractivity contribution in [1.29, 1.82) is 5.26 Å². The van der Waals surface area contributed by atoms with Crippen molar-refractivity contribution < 1.29 is 0 Å². The summed E-state index contributed by atoms with van der Waals surface area (Å²) in [5, 5.41) is 9.43. The van der Waals surface area contributed by atoms with E-state index in [9.17, 15) is 5.26 Å². The van der Waals surface area contributed by atoms with E-state index in [-0.39, 0.29) is 0 Å². The highest BCUT2D eigenvalue weighted by Crippen LogP contribution is 2.26. The first-order chi connectivity index (χ1) is 12.8. The van der Waals surface area contributed by atoms with Gasteiger partial charge in [0.25, 0.3) is 0 Å². The molecule has 0 radical (unpaired) electrons. The maximum Gasteiger partial charge on any atom is 0.165 e. The molecule has 3 aromatic carbocycles. The molecule has 0 amide bonds. The topological polar surface area (TPSA) is 62.5 Å². The zero-order valence-electron chi connectivity index (χ0n) is 13.9. The fraction of sp³-hybridized carbons (Fsp3) is 0. The second kappa shape index (κ2) is 6.96. The standard InChI is InChI=1S/C22H14N4/c23-15-18-13-7-8-14-19(18)22-25-20(16-9-3-1-4-10-16)24-21(26-22)17-11-5-2-6-12-17/h1-14H. The minimum absolute atomic E-state index is 0.495. The minimum atomic E-state index is 0.495. The molecule has 0 fully saturated rings. The van der Waals surface area contributed by atoms with Gasteiger partial charge in [0.15, 0.2) is 17.5 Å². The fourth-order valence-electron chi connectivity index (χ4n) is 2.70. The molecule has 0 aliphatic carbocycles. The molecule has 0 aliphatic heterocycles. The van der Waals surface area contributed by atoms with E-state index in [0.717, 1.165) is 11.1 Å². The lowest BCUT2D eigenvalue weighted by atomic mass is 10.1. The number of hydrogen-bond donors (Lipinski definition) is 0. The molecule has 0 saturated carbocycles. The Kier molecular flexibility index (Phi) is 4.19. The van der Waals surface area contributed by atoms with Gasteiger partial charge in [0, 0.05) is 16.7 Å². The molecule has 4 nitrogen and oxygen atoms in total. The molecule has 4 rings (SSSR count). The summed E-state index contributed by atoms with van der Waals surface area (Å²) >= 11 is 0. The molecule has 4 heteroatoms. The highest BCUT2D eigenvalue weighted by molar-refractivity contribution is 5.69. The Bertz CT molecular complexity index is 1030. The first-order valence-corrected chi connectivity index (χ1v) is 8.21. The van der Waals surface area contributed by atoms with Crippen LogP contribution in [0.1, 0.15) is 5.56 Å². The second-order valence-corrected chi connectivity index (χ2v) is 5.70. The average molecular weight is 334 g/mol. The molecule has 0 aliphatic rings. The molecule has 1 aromatic heterocycles. The first-order valence-electron chi connectivity index (χ1n) is 8.21. The van der Waals surface area contributed by atoms with Gasteiger partial charge in [-0.05, 0) is 12.1 Å². The van der Waals surface area contributed by atoms with Gasteiger partial charge in [-0.2, -0.15) is 5.26 Å². The zero-order chi connectivity index (χ0) is 17.8. The number of nitrogens with zero attached hydrogens (tertiary/aromatic N) is 4. The van der Waals surface area contributed by atoms with Gasteiger partial charge in [-0.3, -0.25) is 0 Å². The van der Waals surface area contributed by atoms with Crippen LogP contribution in [0.25, 0.3) is 34.2 Å². The van der Waals surface area contributed by atoms with Crippen molar-refractivity contribution in [2.75, 3.05) is 0 Å². The minimum Gasteiger partial charge on any atom is -0.208 e. The Balaban J connectivity index is 1.96. The largest absolute Gasteiger partial charge is 0.208 e. The molecule has 1 heterocycles. The van der Waals surface area contributed by atoms with Gasteiger partial charge in [-0.1, -0.05) is 72.8 Å². The Morgan fingerprint density at radius 1 is 0.538 bits per heavy atom. The third-order valence-electron chi connectivity index (χ3n) is 3.99. The van der Waals surface area contributed by atoms with Gasteiger partial charge in [0.2, 0.25) is 0 Å². The molecular formula is C22H14N4. The van der Waals surface area contributed by atoms with Crippen molar-refractivity contribution in [2.24, 2.45) is 0 Å². The number of benzene rings is 3. The van der Waals surface area contributed by atoms with Crippen molar-refractivity contribution in [3.63, 3.8) is 0 Å². The van der Waals surface area contributed by atoms with Crippen LogP contribution >= 0.6 is 0 Å². The Hall–Kier alpha value is -3.84. The van der Waals surface area contributed by atoms with E-state index < -0.39 is 0 Å². The van der Waals surface area contributed by atoms with Gasteiger partial charge < -0.3 is 0 Å². The lowest BCUT2D eigenvalue weighted by Crippen LogP contribution is -2.01. The van der Waals surface area contributed by atoms with E-state index in [1.54, 1.807) is 6.07 Å². The molecule has 4 aromatic rings. The van der Waals surface area contributed by atoms with Crippen LogP contribution in [0.5, 0.6) is 0 Å². The number of rotatable bonds is 3. The highest BCUT2D eigenvalue weighted by Gasteiger charge is 2.13. The monoisotopic (exact) mass is 334 g/mol. The summed E-state index contributed by atoms with van der Waals surface area (Å²) in [7, 11) is 0. The van der Waals surface area contributed by atoms with Crippen LogP contribution in [-0.2, 0) is 0 Å². The molecule has 0 unspecified atom stereocenters. The van der Waals surface area contributed by atoms with Crippen LogP contribution in [0, 0.1) is 11.3 Å². The summed E-state index contributed by atoms with van der Waals surface area (Å²) < 4.78 is 0. The summed E-state index contributed by atoms with van der Waals surface area (Å²) in [5.74, 6) is 1.67. The zero-order valence-corrected chi connectivity index (χ0v) is 13.9. The van der Waals surface area contributed by atoms with Crippen LogP contribution in [-0.4, -0.2) is 15.0 Å². The van der Waals surface area contributed by atoms with Crippen molar-refractivity contribution in [3.05, 3.63) is 90.5 Å². The average Bonchev–Trinajstić information content (AvgIpc) is 2.74. The van der Waals surface area contributed by atoms with E-state index >= 15 is 0 Å². The molecule has 0 bridgehead atoms. The van der Waals surface area contributed by atoms with Crippen LogP contribution in [0.15, 0.2) is 84.9 Å². The van der Waals surface area contributed by atoms with Crippen LogP contribution in [0.3, 0.4) is 0 Å². The summed E-state index contributed by atoms with van der Waals surface area (Å²) in [4.78, 5) is 13.9. The van der Waals surface area contributed by atoms with Gasteiger partial charge >= 0.3 is 0 Å². The van der Waals surface area contributed by atoms with Crippen LogP contribution in [0.4, 0.5) is 0 Å². The van der Waals surface area contributed by atoms with E-state index in [1.807, 2.05) is 78.9 Å². The number of aromatic nitrogens is 3. The Labute approximate surface area is 151 Å². The number of hydrogen-bond acceptors (Lipinski definition) is 4. The molecule has 122 valence electrons. The smallest absolute Gasteiger partial charge is 0.165 e. The lowest BCUT2D eigenvalue weighted by molar-refractivity contribution is 1.07. The Morgan fingerprint density at radius 2 is 1.00 bits per heavy atom. The van der Waals surface area contributed by atoms with E-state index in [4.69, 9.17) is 0 Å². The fourth-order valence-corrected chi connectivity index (χ4v) is 2.70. The summed E-state index contributed by atoms with van der Waals surface area (Å²) in [5.41, 5.74) is 3.05. The van der Waals surface area contributed by atoms with Crippen molar-refractivity contribution >= 4 is 0 Å². The van der Waals surface area contributed by atoms with Crippen molar-refractivity contribution in [2.45, 2.75) is 0 Å². The maximum atomic E-state index is 9.43. The van der Waals surface area contributed by atoms with Crippen LogP contribution in [0.2, 0.25) is 0 Å². The highest BCUT2D eigenvalue weighted by atomic mass is 15.0. The third-order valence-corrected chi connectivity index (χ3v) is 3.99. The lowest BCUT2D eigenvalue weighted by Gasteiger charge is -2.09. The van der Waals surface area contributed by atoms with Crippen molar-refractivity contribution in [3.8, 4) is 40.2 Å². The van der Waals surface area contributed by atoms with E-state index in [1.165, 1.54) is 0 Å². The predicted octanol–water partition coefficient (Wildman–Crippen LogP) is 4.74. The molecule has 0 spiro atoms. The molecule has 0 atom stereocenters. The Morgan fingerprint density at radius 3 is 1.54 bits per heavy atom. The quantitative estimate of drug-likeness (QED) is 0.542. The van der Waals surface area contributed by atoms with Crippen LogP contribution < -0.4 is 0 Å². The normalized spacial score (nSPS) is 10.3. The molecule has 26 heavy (non-hydrogen) atoms.